The highest BCUT2D eigenvalue weighted by Crippen LogP contribution is 2.24. The fourth-order valence-corrected chi connectivity index (χ4v) is 2.86. The van der Waals surface area contributed by atoms with E-state index < -0.39 is 0 Å². The first-order chi connectivity index (χ1) is 9.35. The molecule has 0 saturated carbocycles. The summed E-state index contributed by atoms with van der Waals surface area (Å²) in [4.78, 5) is 2.60. The van der Waals surface area contributed by atoms with E-state index in [0.29, 0.717) is 6.04 Å². The minimum absolute atomic E-state index is 0.665. The van der Waals surface area contributed by atoms with Gasteiger partial charge < -0.3 is 10.1 Å². The molecule has 0 aliphatic carbocycles. The summed E-state index contributed by atoms with van der Waals surface area (Å²) in [5.74, 6) is 1.01. The van der Waals surface area contributed by atoms with Gasteiger partial charge in [-0.15, -0.1) is 0 Å². The van der Waals surface area contributed by atoms with E-state index in [0.717, 1.165) is 25.4 Å². The molecule has 1 aromatic carbocycles. The second-order valence-electron chi connectivity index (χ2n) is 5.24. The topological polar surface area (TPSA) is 24.5 Å². The van der Waals surface area contributed by atoms with Gasteiger partial charge in [0, 0.05) is 24.7 Å². The molecular formula is C16H26N2O. The smallest absolute Gasteiger partial charge is 0.123 e. The number of para-hydroxylation sites is 1. The molecular weight excluding hydrogens is 236 g/mol. The second-order valence-corrected chi connectivity index (χ2v) is 5.24. The summed E-state index contributed by atoms with van der Waals surface area (Å²) >= 11 is 0. The maximum absolute atomic E-state index is 5.46. The van der Waals surface area contributed by atoms with E-state index in [1.165, 1.54) is 31.4 Å². The first kappa shape index (κ1) is 14.4. The highest BCUT2D eigenvalue weighted by molar-refractivity contribution is 5.33. The molecule has 1 aliphatic heterocycles. The Balaban J connectivity index is 2.02. The lowest BCUT2D eigenvalue weighted by molar-refractivity contribution is 0.137. The van der Waals surface area contributed by atoms with Crippen LogP contribution in [0.4, 0.5) is 0 Å². The predicted molar refractivity (Wildman–Crippen MR) is 79.6 cm³/mol. The first-order valence-electron chi connectivity index (χ1n) is 7.41. The number of methoxy groups -OCH3 is 1. The second kappa shape index (κ2) is 7.51. The van der Waals surface area contributed by atoms with Crippen molar-refractivity contribution in [2.45, 2.75) is 38.8 Å². The van der Waals surface area contributed by atoms with Crippen LogP contribution in [0, 0.1) is 0 Å². The van der Waals surface area contributed by atoms with Crippen LogP contribution in [0.25, 0.3) is 0 Å². The van der Waals surface area contributed by atoms with Crippen molar-refractivity contribution in [3.05, 3.63) is 29.8 Å². The van der Waals surface area contributed by atoms with Crippen molar-refractivity contribution in [1.82, 2.24) is 10.2 Å². The van der Waals surface area contributed by atoms with Crippen LogP contribution < -0.4 is 10.1 Å². The van der Waals surface area contributed by atoms with Gasteiger partial charge in [0.15, 0.2) is 0 Å². The molecule has 2 rings (SSSR count). The van der Waals surface area contributed by atoms with E-state index in [9.17, 15) is 0 Å². The lowest BCUT2D eigenvalue weighted by Crippen LogP contribution is -2.44. The molecule has 1 saturated heterocycles. The number of nitrogens with one attached hydrogen (secondary N) is 1. The highest BCUT2D eigenvalue weighted by Gasteiger charge is 2.22. The summed E-state index contributed by atoms with van der Waals surface area (Å²) < 4.78 is 5.46. The zero-order valence-corrected chi connectivity index (χ0v) is 12.2. The van der Waals surface area contributed by atoms with Gasteiger partial charge in [-0.1, -0.05) is 31.5 Å². The van der Waals surface area contributed by atoms with Crippen LogP contribution in [0.2, 0.25) is 0 Å². The summed E-state index contributed by atoms with van der Waals surface area (Å²) in [6, 6.07) is 9.03. The number of benzene rings is 1. The molecule has 0 amide bonds. The van der Waals surface area contributed by atoms with Gasteiger partial charge in [0.05, 0.1) is 7.11 Å². The molecule has 0 aromatic heterocycles. The molecule has 1 atom stereocenters. The molecule has 3 heteroatoms. The van der Waals surface area contributed by atoms with Crippen molar-refractivity contribution in [1.29, 1.82) is 0 Å². The fourth-order valence-electron chi connectivity index (χ4n) is 2.86. The number of ether oxygens (including phenoxy) is 1. The summed E-state index contributed by atoms with van der Waals surface area (Å²) in [5, 5.41) is 3.49. The summed E-state index contributed by atoms with van der Waals surface area (Å²) in [6.07, 6.45) is 3.98. The van der Waals surface area contributed by atoms with Gasteiger partial charge in [0.1, 0.15) is 5.75 Å². The predicted octanol–water partition coefficient (Wildman–Crippen LogP) is 2.66. The lowest BCUT2D eigenvalue weighted by Gasteiger charge is -2.36. The van der Waals surface area contributed by atoms with Crippen molar-refractivity contribution >= 4 is 0 Å². The number of likely N-dealkylation sites (N-methyl/N-ethyl adjacent to an activating group) is 1. The molecule has 3 nitrogen and oxygen atoms in total. The number of likely N-dealkylation sites (tertiary alicyclic amines) is 1. The third-order valence-corrected chi connectivity index (χ3v) is 3.94. The molecule has 0 radical (unpaired) electrons. The van der Waals surface area contributed by atoms with Crippen LogP contribution in [-0.4, -0.2) is 37.7 Å². The molecule has 1 aliphatic rings. The van der Waals surface area contributed by atoms with Gasteiger partial charge in [-0.05, 0) is 32.0 Å². The number of piperidine rings is 1. The van der Waals surface area contributed by atoms with Crippen LogP contribution in [0.15, 0.2) is 24.3 Å². The van der Waals surface area contributed by atoms with Gasteiger partial charge in [-0.3, -0.25) is 4.90 Å². The molecule has 1 heterocycles. The standard InChI is InChI=1S/C16H26N2O/c1-3-17-12-15-9-6-7-11-18(15)13-14-8-4-5-10-16(14)19-2/h4-5,8,10,15,17H,3,6-7,9,11-13H2,1-2H3. The Labute approximate surface area is 116 Å². The van der Waals surface area contributed by atoms with Crippen LogP contribution in [0.3, 0.4) is 0 Å². The lowest BCUT2D eigenvalue weighted by atomic mass is 10.0. The molecule has 1 N–H and O–H groups in total. The maximum Gasteiger partial charge on any atom is 0.123 e. The van der Waals surface area contributed by atoms with Crippen LogP contribution in [0.1, 0.15) is 31.7 Å². The average Bonchev–Trinajstić information content (AvgIpc) is 2.47. The number of rotatable bonds is 6. The molecule has 106 valence electrons. The zero-order valence-electron chi connectivity index (χ0n) is 12.2. The van der Waals surface area contributed by atoms with Crippen molar-refractivity contribution in [3.8, 4) is 5.75 Å². The molecule has 1 unspecified atom stereocenters. The van der Waals surface area contributed by atoms with E-state index in [4.69, 9.17) is 4.74 Å². The van der Waals surface area contributed by atoms with Crippen molar-refractivity contribution in [2.75, 3.05) is 26.7 Å². The minimum atomic E-state index is 0.665. The quantitative estimate of drug-likeness (QED) is 0.853. The van der Waals surface area contributed by atoms with E-state index >= 15 is 0 Å². The zero-order chi connectivity index (χ0) is 13.5. The average molecular weight is 262 g/mol. The SMILES string of the molecule is CCNCC1CCCCN1Cc1ccccc1OC. The van der Waals surface area contributed by atoms with E-state index in [-0.39, 0.29) is 0 Å². The molecule has 1 fully saturated rings. The normalized spacial score (nSPS) is 20.4. The largest absolute Gasteiger partial charge is 0.496 e. The monoisotopic (exact) mass is 262 g/mol. The molecule has 0 spiro atoms. The first-order valence-corrected chi connectivity index (χ1v) is 7.41. The summed E-state index contributed by atoms with van der Waals surface area (Å²) in [5.41, 5.74) is 1.30. The molecule has 1 aromatic rings. The van der Waals surface area contributed by atoms with Gasteiger partial charge in [-0.25, -0.2) is 0 Å². The van der Waals surface area contributed by atoms with E-state index in [2.05, 4.69) is 35.3 Å². The summed E-state index contributed by atoms with van der Waals surface area (Å²) in [6.45, 7) is 6.53. The van der Waals surface area contributed by atoms with Gasteiger partial charge >= 0.3 is 0 Å². The Morgan fingerprint density at radius 2 is 2.16 bits per heavy atom. The van der Waals surface area contributed by atoms with E-state index in [1.807, 2.05) is 6.07 Å². The van der Waals surface area contributed by atoms with Gasteiger partial charge in [0.25, 0.3) is 0 Å². The summed E-state index contributed by atoms with van der Waals surface area (Å²) in [7, 11) is 1.76. The van der Waals surface area contributed by atoms with Gasteiger partial charge in [0.2, 0.25) is 0 Å². The molecule has 19 heavy (non-hydrogen) atoms. The Hall–Kier alpha value is -1.06. The third kappa shape index (κ3) is 3.95. The Morgan fingerprint density at radius 1 is 1.32 bits per heavy atom. The number of hydrogen-bond acceptors (Lipinski definition) is 3. The fraction of sp³-hybridized carbons (Fsp3) is 0.625. The van der Waals surface area contributed by atoms with E-state index in [1.54, 1.807) is 7.11 Å². The number of hydrogen-bond donors (Lipinski definition) is 1. The molecule has 0 bridgehead atoms. The van der Waals surface area contributed by atoms with Crippen LogP contribution >= 0.6 is 0 Å². The van der Waals surface area contributed by atoms with Gasteiger partial charge in [-0.2, -0.15) is 0 Å². The highest BCUT2D eigenvalue weighted by atomic mass is 16.5. The van der Waals surface area contributed by atoms with Crippen molar-refractivity contribution < 1.29 is 4.74 Å². The number of nitrogens with zero attached hydrogens (tertiary/aromatic N) is 1. The Bertz CT molecular complexity index is 381. The minimum Gasteiger partial charge on any atom is -0.496 e. The Kier molecular flexibility index (Phi) is 5.67. The Morgan fingerprint density at radius 3 is 2.95 bits per heavy atom. The third-order valence-electron chi connectivity index (χ3n) is 3.94. The van der Waals surface area contributed by atoms with Crippen molar-refractivity contribution in [3.63, 3.8) is 0 Å². The van der Waals surface area contributed by atoms with Crippen LogP contribution in [-0.2, 0) is 6.54 Å². The van der Waals surface area contributed by atoms with Crippen molar-refractivity contribution in [2.24, 2.45) is 0 Å². The van der Waals surface area contributed by atoms with Crippen LogP contribution in [0.5, 0.6) is 5.75 Å². The maximum atomic E-state index is 5.46.